The zero-order valence-corrected chi connectivity index (χ0v) is 10.3. The Balaban J connectivity index is 2.86. The minimum absolute atomic E-state index is 0.0611. The summed E-state index contributed by atoms with van der Waals surface area (Å²) in [5, 5.41) is 12.1. The second kappa shape index (κ2) is 3.51. The van der Waals surface area contributed by atoms with Gasteiger partial charge < -0.3 is 5.11 Å². The highest BCUT2D eigenvalue weighted by atomic mass is 16.3. The van der Waals surface area contributed by atoms with Crippen molar-refractivity contribution in [2.24, 2.45) is 0 Å². The molecule has 2 rings (SSSR count). The van der Waals surface area contributed by atoms with E-state index in [1.54, 1.807) is 0 Å². The van der Waals surface area contributed by atoms with E-state index in [1.165, 1.54) is 11.1 Å². The predicted molar refractivity (Wildman–Crippen MR) is 69.0 cm³/mol. The third-order valence-electron chi connectivity index (χ3n) is 3.10. The van der Waals surface area contributed by atoms with Crippen molar-refractivity contribution in [2.45, 2.75) is 33.1 Å². The fraction of sp³-hybridized carbons (Fsp3) is 0.333. The lowest BCUT2D eigenvalue weighted by molar-refractivity contribution is 0.477. The molecule has 16 heavy (non-hydrogen) atoms. The van der Waals surface area contributed by atoms with Crippen LogP contribution >= 0.6 is 0 Å². The highest BCUT2D eigenvalue weighted by molar-refractivity contribution is 5.91. The van der Waals surface area contributed by atoms with E-state index in [9.17, 15) is 5.11 Å². The highest BCUT2D eigenvalue weighted by Crippen LogP contribution is 2.35. The van der Waals surface area contributed by atoms with Crippen LogP contribution in [0.4, 0.5) is 0 Å². The Morgan fingerprint density at radius 2 is 1.56 bits per heavy atom. The summed E-state index contributed by atoms with van der Waals surface area (Å²) in [6, 6.07) is 9.90. The smallest absolute Gasteiger partial charge is 0.123 e. The first-order valence-electron chi connectivity index (χ1n) is 5.63. The van der Waals surface area contributed by atoms with Crippen LogP contribution in [0.2, 0.25) is 0 Å². The third kappa shape index (κ3) is 1.67. The Hall–Kier alpha value is -1.50. The fourth-order valence-corrected chi connectivity index (χ4v) is 2.28. The van der Waals surface area contributed by atoms with Crippen molar-refractivity contribution < 1.29 is 5.11 Å². The molecule has 0 aliphatic heterocycles. The molecule has 0 aromatic heterocycles. The monoisotopic (exact) mass is 214 g/mol. The van der Waals surface area contributed by atoms with Gasteiger partial charge in [-0.1, -0.05) is 45.0 Å². The molecule has 0 atom stereocenters. The van der Waals surface area contributed by atoms with Crippen molar-refractivity contribution in [3.05, 3.63) is 41.5 Å². The lowest BCUT2D eigenvalue weighted by atomic mass is 9.82. The molecular weight excluding hydrogens is 196 g/mol. The summed E-state index contributed by atoms with van der Waals surface area (Å²) in [5.41, 5.74) is 2.54. The van der Waals surface area contributed by atoms with Crippen molar-refractivity contribution >= 4 is 10.8 Å². The topological polar surface area (TPSA) is 20.2 Å². The van der Waals surface area contributed by atoms with E-state index in [0.717, 1.165) is 10.8 Å². The second-order valence-corrected chi connectivity index (χ2v) is 5.36. The molecule has 2 aromatic rings. The van der Waals surface area contributed by atoms with Gasteiger partial charge in [0.15, 0.2) is 0 Å². The van der Waals surface area contributed by atoms with Crippen molar-refractivity contribution in [3.63, 3.8) is 0 Å². The maximum atomic E-state index is 10.0. The van der Waals surface area contributed by atoms with Crippen LogP contribution < -0.4 is 0 Å². The van der Waals surface area contributed by atoms with Gasteiger partial charge in [-0.3, -0.25) is 0 Å². The molecule has 0 saturated carbocycles. The zero-order chi connectivity index (χ0) is 11.9. The molecule has 0 spiro atoms. The summed E-state index contributed by atoms with van der Waals surface area (Å²) in [6.07, 6.45) is 0. The van der Waals surface area contributed by atoms with Crippen LogP contribution in [0, 0.1) is 6.92 Å². The van der Waals surface area contributed by atoms with E-state index in [2.05, 4.69) is 33.8 Å². The van der Waals surface area contributed by atoms with Crippen molar-refractivity contribution in [1.82, 2.24) is 0 Å². The van der Waals surface area contributed by atoms with Gasteiger partial charge in [0.1, 0.15) is 5.75 Å². The molecular formula is C15H18O. The van der Waals surface area contributed by atoms with Gasteiger partial charge in [-0.2, -0.15) is 0 Å². The van der Waals surface area contributed by atoms with Crippen LogP contribution in [0.3, 0.4) is 0 Å². The average Bonchev–Trinajstić information content (AvgIpc) is 2.22. The summed E-state index contributed by atoms with van der Waals surface area (Å²) < 4.78 is 0. The van der Waals surface area contributed by atoms with Gasteiger partial charge in [-0.05, 0) is 34.9 Å². The quantitative estimate of drug-likeness (QED) is 0.698. The van der Waals surface area contributed by atoms with Crippen LogP contribution in [0.25, 0.3) is 10.8 Å². The molecule has 0 fully saturated rings. The van der Waals surface area contributed by atoms with Crippen LogP contribution in [-0.4, -0.2) is 5.11 Å². The second-order valence-electron chi connectivity index (χ2n) is 5.36. The Morgan fingerprint density at radius 1 is 1.00 bits per heavy atom. The highest BCUT2D eigenvalue weighted by Gasteiger charge is 2.19. The van der Waals surface area contributed by atoms with E-state index < -0.39 is 0 Å². The van der Waals surface area contributed by atoms with Gasteiger partial charge in [-0.25, -0.2) is 0 Å². The molecule has 0 aliphatic rings. The molecule has 0 saturated heterocycles. The van der Waals surface area contributed by atoms with Gasteiger partial charge in [-0.15, -0.1) is 0 Å². The van der Waals surface area contributed by atoms with E-state index in [4.69, 9.17) is 0 Å². The first kappa shape index (κ1) is 11.0. The number of benzene rings is 2. The summed E-state index contributed by atoms with van der Waals surface area (Å²) in [5.74, 6) is 0.381. The third-order valence-corrected chi connectivity index (χ3v) is 3.10. The molecule has 0 aliphatic carbocycles. The summed E-state index contributed by atoms with van der Waals surface area (Å²) in [7, 11) is 0. The molecule has 1 heteroatoms. The Labute approximate surface area is 96.7 Å². The van der Waals surface area contributed by atoms with Crippen LogP contribution in [0.15, 0.2) is 30.3 Å². The van der Waals surface area contributed by atoms with Crippen molar-refractivity contribution in [1.29, 1.82) is 0 Å². The maximum Gasteiger partial charge on any atom is 0.123 e. The normalized spacial score (nSPS) is 12.0. The summed E-state index contributed by atoms with van der Waals surface area (Å²) >= 11 is 0. The zero-order valence-electron chi connectivity index (χ0n) is 10.3. The minimum atomic E-state index is 0.0611. The lowest BCUT2D eigenvalue weighted by Crippen LogP contribution is -2.13. The van der Waals surface area contributed by atoms with Gasteiger partial charge in [0.2, 0.25) is 0 Å². The molecule has 1 N–H and O–H groups in total. The Bertz CT molecular complexity index is 533. The van der Waals surface area contributed by atoms with E-state index in [-0.39, 0.29) is 5.41 Å². The molecule has 0 amide bonds. The molecule has 0 bridgehead atoms. The van der Waals surface area contributed by atoms with E-state index in [1.807, 2.05) is 24.3 Å². The van der Waals surface area contributed by atoms with Gasteiger partial charge >= 0.3 is 0 Å². The summed E-state index contributed by atoms with van der Waals surface area (Å²) in [4.78, 5) is 0. The number of phenolic OH excluding ortho intramolecular Hbond substituents is 1. The fourth-order valence-electron chi connectivity index (χ4n) is 2.28. The number of phenols is 1. The van der Waals surface area contributed by atoms with Gasteiger partial charge in [0, 0.05) is 5.39 Å². The first-order chi connectivity index (χ1) is 7.41. The van der Waals surface area contributed by atoms with Gasteiger partial charge in [0.25, 0.3) is 0 Å². The minimum Gasteiger partial charge on any atom is -0.507 e. The number of fused-ring (bicyclic) bond motifs is 1. The molecule has 1 nitrogen and oxygen atoms in total. The van der Waals surface area contributed by atoms with E-state index >= 15 is 0 Å². The number of aromatic hydroxyl groups is 1. The molecule has 0 radical (unpaired) electrons. The Kier molecular flexibility index (Phi) is 2.42. The first-order valence-corrected chi connectivity index (χ1v) is 5.63. The van der Waals surface area contributed by atoms with E-state index in [0.29, 0.717) is 5.75 Å². The molecule has 84 valence electrons. The van der Waals surface area contributed by atoms with Crippen LogP contribution in [-0.2, 0) is 5.41 Å². The molecule has 0 heterocycles. The molecule has 0 unspecified atom stereocenters. The maximum absolute atomic E-state index is 10.0. The van der Waals surface area contributed by atoms with Crippen molar-refractivity contribution in [2.75, 3.05) is 0 Å². The SMILES string of the molecule is Cc1c(C(C)(C)C)cc(O)c2ccccc12. The lowest BCUT2D eigenvalue weighted by Gasteiger charge is -2.23. The Morgan fingerprint density at radius 3 is 2.12 bits per heavy atom. The number of aryl methyl sites for hydroxylation is 1. The number of hydrogen-bond donors (Lipinski definition) is 1. The largest absolute Gasteiger partial charge is 0.507 e. The predicted octanol–water partition coefficient (Wildman–Crippen LogP) is 4.15. The molecule has 2 aromatic carbocycles. The standard InChI is InChI=1S/C15H18O/c1-10-11-7-5-6-8-12(11)14(16)9-13(10)15(2,3)4/h5-9,16H,1-4H3. The van der Waals surface area contributed by atoms with Crippen LogP contribution in [0.1, 0.15) is 31.9 Å². The number of rotatable bonds is 0. The van der Waals surface area contributed by atoms with Gasteiger partial charge in [0.05, 0.1) is 0 Å². The van der Waals surface area contributed by atoms with Crippen molar-refractivity contribution in [3.8, 4) is 5.75 Å². The van der Waals surface area contributed by atoms with Crippen LogP contribution in [0.5, 0.6) is 5.75 Å². The number of hydrogen-bond acceptors (Lipinski definition) is 1. The average molecular weight is 214 g/mol. The summed E-state index contributed by atoms with van der Waals surface area (Å²) in [6.45, 7) is 8.64.